The van der Waals surface area contributed by atoms with Gasteiger partial charge in [-0.25, -0.2) is 0 Å². The summed E-state index contributed by atoms with van der Waals surface area (Å²) in [5.41, 5.74) is 0. The van der Waals surface area contributed by atoms with Gasteiger partial charge in [0.1, 0.15) is 13.2 Å². The molecule has 1 unspecified atom stereocenters. The second-order valence-corrected chi connectivity index (χ2v) is 25.9. The second-order valence-electron chi connectivity index (χ2n) is 25.9. The van der Waals surface area contributed by atoms with Crippen LogP contribution in [0.2, 0.25) is 0 Å². The van der Waals surface area contributed by atoms with Gasteiger partial charge in [0, 0.05) is 19.3 Å². The molecule has 0 aromatic rings. The molecule has 486 valence electrons. The Morgan fingerprint density at radius 3 is 0.646 bits per heavy atom. The summed E-state index contributed by atoms with van der Waals surface area (Å²) in [4.78, 5) is 38.4. The van der Waals surface area contributed by atoms with Crippen molar-refractivity contribution in [3.8, 4) is 0 Å². The summed E-state index contributed by atoms with van der Waals surface area (Å²) >= 11 is 0. The highest BCUT2D eigenvalue weighted by Crippen LogP contribution is 2.20. The van der Waals surface area contributed by atoms with E-state index in [1.807, 2.05) is 0 Å². The van der Waals surface area contributed by atoms with Gasteiger partial charge >= 0.3 is 17.9 Å². The van der Waals surface area contributed by atoms with Crippen molar-refractivity contribution in [2.24, 2.45) is 0 Å². The first kappa shape index (κ1) is 80.2. The Hall–Kier alpha value is -1.85. The molecule has 0 saturated heterocycles. The lowest BCUT2D eigenvalue weighted by atomic mass is 10.0. The zero-order valence-corrected chi connectivity index (χ0v) is 56.1. The van der Waals surface area contributed by atoms with Crippen LogP contribution in [0.5, 0.6) is 0 Å². The predicted octanol–water partition coefficient (Wildman–Crippen LogP) is 26.0. The van der Waals surface area contributed by atoms with Crippen molar-refractivity contribution in [2.45, 2.75) is 444 Å². The van der Waals surface area contributed by atoms with Gasteiger partial charge in [0.25, 0.3) is 0 Å². The minimum atomic E-state index is -0.769. The maximum absolute atomic E-state index is 12.9. The van der Waals surface area contributed by atoms with Crippen LogP contribution in [0.4, 0.5) is 0 Å². The molecule has 0 spiro atoms. The van der Waals surface area contributed by atoms with Crippen molar-refractivity contribution < 1.29 is 28.6 Å². The highest BCUT2D eigenvalue weighted by Gasteiger charge is 2.20. The molecule has 0 bridgehead atoms. The van der Waals surface area contributed by atoms with E-state index in [1.165, 1.54) is 334 Å². The minimum absolute atomic E-state index is 0.0658. The summed E-state index contributed by atoms with van der Waals surface area (Å²) in [5, 5.41) is 0. The van der Waals surface area contributed by atoms with Crippen LogP contribution in [0.15, 0.2) is 12.2 Å². The number of hydrogen-bond donors (Lipinski definition) is 0. The standard InChI is InChI=1S/C76H146O6/c1-4-7-10-13-16-19-22-24-26-28-30-32-33-34-35-36-37-38-39-40-41-42-43-44-46-47-49-51-54-57-60-63-66-69-75(78)81-72-73(71-80-74(77)68-65-62-59-56-53-21-18-15-12-9-6-3)82-76(79)70-67-64-61-58-55-52-50-48-45-31-29-27-25-23-20-17-14-11-8-5-2/h15,18,73H,4-14,16-17,19-72H2,1-3H3/b18-15-. The van der Waals surface area contributed by atoms with E-state index in [1.54, 1.807) is 0 Å². The van der Waals surface area contributed by atoms with E-state index in [4.69, 9.17) is 14.2 Å². The summed E-state index contributed by atoms with van der Waals surface area (Å²) < 4.78 is 17.0. The van der Waals surface area contributed by atoms with E-state index in [0.29, 0.717) is 19.3 Å². The van der Waals surface area contributed by atoms with Gasteiger partial charge in [0.2, 0.25) is 0 Å². The number of ether oxygens (including phenoxy) is 3. The molecule has 0 N–H and O–H groups in total. The number of rotatable bonds is 71. The fraction of sp³-hybridized carbons (Fsp3) is 0.934. The fourth-order valence-electron chi connectivity index (χ4n) is 11.8. The van der Waals surface area contributed by atoms with Crippen molar-refractivity contribution in [3.63, 3.8) is 0 Å². The zero-order chi connectivity index (χ0) is 59.2. The molecule has 0 aliphatic heterocycles. The van der Waals surface area contributed by atoms with Crippen LogP contribution in [0, 0.1) is 0 Å². The van der Waals surface area contributed by atoms with E-state index < -0.39 is 6.10 Å². The first-order valence-corrected chi connectivity index (χ1v) is 37.7. The van der Waals surface area contributed by atoms with Crippen LogP contribution in [0.3, 0.4) is 0 Å². The predicted molar refractivity (Wildman–Crippen MR) is 358 cm³/mol. The van der Waals surface area contributed by atoms with E-state index >= 15 is 0 Å². The topological polar surface area (TPSA) is 78.9 Å². The van der Waals surface area contributed by atoms with Gasteiger partial charge in [-0.05, 0) is 38.5 Å². The van der Waals surface area contributed by atoms with E-state index in [0.717, 1.165) is 64.2 Å². The lowest BCUT2D eigenvalue weighted by Crippen LogP contribution is -2.30. The molecule has 0 rings (SSSR count). The summed E-state index contributed by atoms with van der Waals surface area (Å²) in [7, 11) is 0. The molecule has 0 heterocycles. The van der Waals surface area contributed by atoms with Gasteiger partial charge in [-0.2, -0.15) is 0 Å². The van der Waals surface area contributed by atoms with E-state index in [2.05, 4.69) is 32.9 Å². The van der Waals surface area contributed by atoms with Gasteiger partial charge in [-0.15, -0.1) is 0 Å². The van der Waals surface area contributed by atoms with Crippen molar-refractivity contribution in [1.82, 2.24) is 0 Å². The molecule has 82 heavy (non-hydrogen) atoms. The highest BCUT2D eigenvalue weighted by molar-refractivity contribution is 5.71. The summed E-state index contributed by atoms with van der Waals surface area (Å²) in [6.07, 6.45) is 87.1. The number of allylic oxidation sites excluding steroid dienone is 2. The molecule has 0 aromatic heterocycles. The molecule has 1 atom stereocenters. The number of carbonyl (C=O) groups excluding carboxylic acids is 3. The third-order valence-electron chi connectivity index (χ3n) is 17.5. The Morgan fingerprint density at radius 1 is 0.232 bits per heavy atom. The average Bonchev–Trinajstić information content (AvgIpc) is 3.47. The van der Waals surface area contributed by atoms with E-state index in [-0.39, 0.29) is 31.1 Å². The van der Waals surface area contributed by atoms with Crippen molar-refractivity contribution in [1.29, 1.82) is 0 Å². The number of esters is 3. The molecule has 0 fully saturated rings. The van der Waals surface area contributed by atoms with Crippen molar-refractivity contribution >= 4 is 17.9 Å². The average molecular weight is 1160 g/mol. The molecule has 0 amide bonds. The molecule has 0 aliphatic carbocycles. The smallest absolute Gasteiger partial charge is 0.306 e. The SMILES string of the molecule is CCCC/C=C\CCCCCCCC(=O)OCC(COC(=O)CCCCCCCCCCCCCCCCCCCCCCCCCCCCCCCCCCC)OC(=O)CCCCCCCCCCCCCCCCCCCCCC. The number of unbranched alkanes of at least 4 members (excludes halogenated alkanes) is 58. The normalized spacial score (nSPS) is 12.0. The van der Waals surface area contributed by atoms with E-state index in [9.17, 15) is 14.4 Å². The maximum atomic E-state index is 12.9. The monoisotopic (exact) mass is 1160 g/mol. The van der Waals surface area contributed by atoms with Crippen LogP contribution in [0.1, 0.15) is 438 Å². The first-order valence-electron chi connectivity index (χ1n) is 37.7. The second kappa shape index (κ2) is 71.6. The van der Waals surface area contributed by atoms with Gasteiger partial charge in [-0.1, -0.05) is 392 Å². The third-order valence-corrected chi connectivity index (χ3v) is 17.5. The Morgan fingerprint density at radius 2 is 0.415 bits per heavy atom. The first-order chi connectivity index (χ1) is 40.5. The summed E-state index contributed by atoms with van der Waals surface area (Å²) in [6.45, 7) is 6.69. The van der Waals surface area contributed by atoms with Crippen LogP contribution in [-0.4, -0.2) is 37.2 Å². The minimum Gasteiger partial charge on any atom is -0.462 e. The Labute approximate surface area is 513 Å². The van der Waals surface area contributed by atoms with Crippen molar-refractivity contribution in [2.75, 3.05) is 13.2 Å². The van der Waals surface area contributed by atoms with Gasteiger partial charge < -0.3 is 14.2 Å². The van der Waals surface area contributed by atoms with Gasteiger partial charge in [0.05, 0.1) is 0 Å². The Bertz CT molecular complexity index is 1280. The number of carbonyl (C=O) groups is 3. The van der Waals surface area contributed by atoms with Crippen LogP contribution >= 0.6 is 0 Å². The summed E-state index contributed by atoms with van der Waals surface area (Å²) in [5.74, 6) is -0.841. The lowest BCUT2D eigenvalue weighted by molar-refractivity contribution is -0.167. The molecule has 0 saturated carbocycles. The molecule has 0 radical (unpaired) electrons. The lowest BCUT2D eigenvalue weighted by Gasteiger charge is -2.18. The van der Waals surface area contributed by atoms with Gasteiger partial charge in [-0.3, -0.25) is 14.4 Å². The van der Waals surface area contributed by atoms with Crippen LogP contribution in [-0.2, 0) is 28.6 Å². The zero-order valence-electron chi connectivity index (χ0n) is 56.1. The quantitative estimate of drug-likeness (QED) is 0.0261. The largest absolute Gasteiger partial charge is 0.462 e. The van der Waals surface area contributed by atoms with Crippen LogP contribution in [0.25, 0.3) is 0 Å². The molecule has 0 aliphatic rings. The number of hydrogen-bond acceptors (Lipinski definition) is 6. The molecule has 6 nitrogen and oxygen atoms in total. The fourth-order valence-corrected chi connectivity index (χ4v) is 11.8. The maximum Gasteiger partial charge on any atom is 0.306 e. The third kappa shape index (κ3) is 68.9. The van der Waals surface area contributed by atoms with Crippen LogP contribution < -0.4 is 0 Å². The van der Waals surface area contributed by atoms with Gasteiger partial charge in [0.15, 0.2) is 6.10 Å². The molecule has 6 heteroatoms. The molecule has 0 aromatic carbocycles. The Balaban J connectivity index is 4.04. The molecular formula is C76H146O6. The molecular weight excluding hydrogens is 1010 g/mol. The Kier molecular flexibility index (Phi) is 70.0. The van der Waals surface area contributed by atoms with Crippen molar-refractivity contribution in [3.05, 3.63) is 12.2 Å². The highest BCUT2D eigenvalue weighted by atomic mass is 16.6. The summed E-state index contributed by atoms with van der Waals surface area (Å²) in [6, 6.07) is 0.